The third kappa shape index (κ3) is 4.92. The van der Waals surface area contributed by atoms with Crippen LogP contribution >= 0.6 is 0 Å². The summed E-state index contributed by atoms with van der Waals surface area (Å²) in [5.41, 5.74) is 0. The first-order valence-electron chi connectivity index (χ1n) is 5.25. The second-order valence-electron chi connectivity index (χ2n) is 3.88. The summed E-state index contributed by atoms with van der Waals surface area (Å²) in [6.07, 6.45) is 6.06. The predicted octanol–water partition coefficient (Wildman–Crippen LogP) is 2.00. The minimum absolute atomic E-state index is 0.777. The third-order valence-electron chi connectivity index (χ3n) is 2.04. The van der Waals surface area contributed by atoms with Gasteiger partial charge < -0.3 is 5.32 Å². The summed E-state index contributed by atoms with van der Waals surface area (Å²) in [6, 6.07) is 1.84. The quantitative estimate of drug-likeness (QED) is 0.702. The fraction of sp³-hybridized carbons (Fsp3) is 0.636. The van der Waals surface area contributed by atoms with Crippen molar-refractivity contribution in [2.45, 2.75) is 33.2 Å². The molecule has 1 aromatic rings. The van der Waals surface area contributed by atoms with Gasteiger partial charge in [-0.2, -0.15) is 0 Å². The van der Waals surface area contributed by atoms with Crippen LogP contribution in [0, 0.1) is 5.92 Å². The van der Waals surface area contributed by atoms with Crippen molar-refractivity contribution in [2.75, 3.05) is 6.54 Å². The molecule has 0 saturated heterocycles. The van der Waals surface area contributed by atoms with Crippen LogP contribution in [0.4, 0.5) is 0 Å². The van der Waals surface area contributed by atoms with Gasteiger partial charge in [-0.1, -0.05) is 13.8 Å². The fourth-order valence-electron chi connectivity index (χ4n) is 1.26. The maximum absolute atomic E-state index is 4.14. The molecule has 0 spiro atoms. The molecule has 1 rings (SSSR count). The molecule has 78 valence electrons. The van der Waals surface area contributed by atoms with E-state index >= 15 is 0 Å². The van der Waals surface area contributed by atoms with E-state index in [2.05, 4.69) is 29.1 Å². The van der Waals surface area contributed by atoms with Crippen LogP contribution in [0.5, 0.6) is 0 Å². The molecule has 0 saturated carbocycles. The highest BCUT2D eigenvalue weighted by molar-refractivity contribution is 4.87. The van der Waals surface area contributed by atoms with Gasteiger partial charge in [0.2, 0.25) is 0 Å². The Kier molecular flexibility index (Phi) is 5.15. The van der Waals surface area contributed by atoms with Crippen molar-refractivity contribution in [3.63, 3.8) is 0 Å². The maximum atomic E-state index is 4.14. The van der Waals surface area contributed by atoms with Crippen molar-refractivity contribution < 1.29 is 0 Å². The molecule has 0 bridgehead atoms. The number of hydrogen-bond acceptors (Lipinski definition) is 3. The molecule has 0 amide bonds. The smallest absolute Gasteiger partial charge is 0.141 e. The zero-order chi connectivity index (χ0) is 10.2. The van der Waals surface area contributed by atoms with Crippen LogP contribution in [0.3, 0.4) is 0 Å². The van der Waals surface area contributed by atoms with Gasteiger partial charge in [0.1, 0.15) is 5.82 Å². The summed E-state index contributed by atoms with van der Waals surface area (Å²) < 4.78 is 0. The molecule has 0 aliphatic carbocycles. The highest BCUT2D eigenvalue weighted by Crippen LogP contribution is 2.01. The Balaban J connectivity index is 2.05. The molecular weight excluding hydrogens is 174 g/mol. The minimum atomic E-state index is 0.777. The first-order chi connectivity index (χ1) is 6.79. The molecule has 1 heterocycles. The average Bonchev–Trinajstić information content (AvgIpc) is 2.18. The highest BCUT2D eigenvalue weighted by Gasteiger charge is 1.95. The number of aromatic nitrogens is 2. The average molecular weight is 193 g/mol. The van der Waals surface area contributed by atoms with E-state index < -0.39 is 0 Å². The van der Waals surface area contributed by atoms with Gasteiger partial charge in [-0.25, -0.2) is 9.97 Å². The summed E-state index contributed by atoms with van der Waals surface area (Å²) in [5, 5.41) is 3.33. The van der Waals surface area contributed by atoms with E-state index in [0.717, 1.165) is 24.8 Å². The summed E-state index contributed by atoms with van der Waals surface area (Å²) >= 11 is 0. The van der Waals surface area contributed by atoms with Gasteiger partial charge in [0.05, 0.1) is 6.54 Å². The third-order valence-corrected chi connectivity index (χ3v) is 2.04. The van der Waals surface area contributed by atoms with Crippen LogP contribution in [-0.2, 0) is 6.54 Å². The van der Waals surface area contributed by atoms with Crippen LogP contribution < -0.4 is 5.32 Å². The van der Waals surface area contributed by atoms with E-state index in [9.17, 15) is 0 Å². The Labute approximate surface area is 86.0 Å². The molecule has 0 atom stereocenters. The van der Waals surface area contributed by atoms with Gasteiger partial charge >= 0.3 is 0 Å². The first kappa shape index (κ1) is 11.1. The van der Waals surface area contributed by atoms with Crippen LogP contribution in [0.2, 0.25) is 0 Å². The van der Waals surface area contributed by atoms with Crippen LogP contribution in [0.15, 0.2) is 18.5 Å². The SMILES string of the molecule is CC(C)CCCNCc1ncccn1. The molecule has 1 N–H and O–H groups in total. The molecule has 1 aromatic heterocycles. The molecule has 0 unspecified atom stereocenters. The van der Waals surface area contributed by atoms with E-state index in [1.807, 2.05) is 6.07 Å². The molecule has 3 heteroatoms. The second-order valence-corrected chi connectivity index (χ2v) is 3.88. The van der Waals surface area contributed by atoms with E-state index in [0.29, 0.717) is 0 Å². The number of rotatable bonds is 6. The number of hydrogen-bond donors (Lipinski definition) is 1. The molecule has 0 aliphatic rings. The molecular formula is C11H19N3. The van der Waals surface area contributed by atoms with Crippen molar-refractivity contribution in [1.29, 1.82) is 0 Å². The Morgan fingerprint density at radius 3 is 2.64 bits per heavy atom. The van der Waals surface area contributed by atoms with Crippen molar-refractivity contribution in [1.82, 2.24) is 15.3 Å². The first-order valence-corrected chi connectivity index (χ1v) is 5.25. The minimum Gasteiger partial charge on any atom is -0.310 e. The van der Waals surface area contributed by atoms with E-state index in [1.54, 1.807) is 12.4 Å². The maximum Gasteiger partial charge on any atom is 0.141 e. The zero-order valence-electron chi connectivity index (χ0n) is 9.03. The molecule has 0 radical (unpaired) electrons. The van der Waals surface area contributed by atoms with Gasteiger partial charge in [-0.05, 0) is 31.4 Å². The van der Waals surface area contributed by atoms with E-state index in [-0.39, 0.29) is 0 Å². The highest BCUT2D eigenvalue weighted by atomic mass is 14.9. The molecule has 0 fully saturated rings. The number of nitrogens with zero attached hydrogens (tertiary/aromatic N) is 2. The monoisotopic (exact) mass is 193 g/mol. The van der Waals surface area contributed by atoms with Gasteiger partial charge in [0.15, 0.2) is 0 Å². The zero-order valence-corrected chi connectivity index (χ0v) is 9.03. The lowest BCUT2D eigenvalue weighted by Gasteiger charge is -2.05. The fourth-order valence-corrected chi connectivity index (χ4v) is 1.26. The second kappa shape index (κ2) is 6.49. The summed E-state index contributed by atoms with van der Waals surface area (Å²) in [7, 11) is 0. The summed E-state index contributed by atoms with van der Waals surface area (Å²) in [6.45, 7) is 6.33. The standard InChI is InChI=1S/C11H19N3/c1-10(2)5-3-6-12-9-11-13-7-4-8-14-11/h4,7-8,10,12H,3,5-6,9H2,1-2H3. The Hall–Kier alpha value is -0.960. The van der Waals surface area contributed by atoms with Gasteiger partial charge in [0.25, 0.3) is 0 Å². The van der Waals surface area contributed by atoms with Crippen molar-refractivity contribution in [3.8, 4) is 0 Å². The summed E-state index contributed by atoms with van der Waals surface area (Å²) in [4.78, 5) is 8.28. The molecule has 0 aromatic carbocycles. The van der Waals surface area contributed by atoms with Crippen LogP contribution in [0.25, 0.3) is 0 Å². The molecule has 3 nitrogen and oxygen atoms in total. The lowest BCUT2D eigenvalue weighted by molar-refractivity contribution is 0.523. The van der Waals surface area contributed by atoms with Crippen molar-refractivity contribution in [2.24, 2.45) is 5.92 Å². The van der Waals surface area contributed by atoms with E-state index in [4.69, 9.17) is 0 Å². The van der Waals surface area contributed by atoms with Gasteiger partial charge in [-0.3, -0.25) is 0 Å². The van der Waals surface area contributed by atoms with Crippen LogP contribution in [-0.4, -0.2) is 16.5 Å². The molecule has 0 aliphatic heterocycles. The van der Waals surface area contributed by atoms with Crippen molar-refractivity contribution >= 4 is 0 Å². The lowest BCUT2D eigenvalue weighted by atomic mass is 10.1. The van der Waals surface area contributed by atoms with Gasteiger partial charge in [-0.15, -0.1) is 0 Å². The van der Waals surface area contributed by atoms with Crippen LogP contribution in [0.1, 0.15) is 32.5 Å². The lowest BCUT2D eigenvalue weighted by Crippen LogP contribution is -2.16. The van der Waals surface area contributed by atoms with Gasteiger partial charge in [0, 0.05) is 12.4 Å². The normalized spacial score (nSPS) is 10.8. The number of nitrogens with one attached hydrogen (secondary N) is 1. The topological polar surface area (TPSA) is 37.8 Å². The largest absolute Gasteiger partial charge is 0.310 e. The molecule has 14 heavy (non-hydrogen) atoms. The van der Waals surface area contributed by atoms with E-state index in [1.165, 1.54) is 12.8 Å². The Morgan fingerprint density at radius 1 is 1.29 bits per heavy atom. The summed E-state index contributed by atoms with van der Waals surface area (Å²) in [5.74, 6) is 1.67. The predicted molar refractivity (Wildman–Crippen MR) is 57.8 cm³/mol. The Morgan fingerprint density at radius 2 is 2.00 bits per heavy atom. The van der Waals surface area contributed by atoms with Crippen molar-refractivity contribution in [3.05, 3.63) is 24.3 Å². The Bertz CT molecular complexity index is 234.